The van der Waals surface area contributed by atoms with Crippen molar-refractivity contribution in [3.63, 3.8) is 0 Å². The van der Waals surface area contributed by atoms with E-state index in [1.54, 1.807) is 45.9 Å². The van der Waals surface area contributed by atoms with Crippen molar-refractivity contribution in [2.45, 2.75) is 64.2 Å². The number of hydrogen-bond acceptors (Lipinski definition) is 11. The molecule has 0 saturated heterocycles. The number of esters is 1. The average Bonchev–Trinajstić information content (AvgIpc) is 3.08. The van der Waals surface area contributed by atoms with E-state index in [4.69, 9.17) is 14.2 Å². The number of nitrogens with one attached hydrogen (secondary N) is 3. The molecule has 0 bridgehead atoms. The van der Waals surface area contributed by atoms with Gasteiger partial charge in [-0.1, -0.05) is 53.0 Å². The van der Waals surface area contributed by atoms with Crippen LogP contribution in [0, 0.1) is 0 Å². The summed E-state index contributed by atoms with van der Waals surface area (Å²) >= 11 is 0. The van der Waals surface area contributed by atoms with Crippen molar-refractivity contribution in [3.8, 4) is 0 Å². The Kier molecular flexibility index (Phi) is 27.6. The molecular formula is C33H53N3O9S2. The maximum absolute atomic E-state index is 12.1. The molecule has 0 aliphatic rings. The maximum Gasteiger partial charge on any atom is 0.305 e. The minimum atomic E-state index is -0.175. The summed E-state index contributed by atoms with van der Waals surface area (Å²) in [5, 5.41) is 8.64. The summed E-state index contributed by atoms with van der Waals surface area (Å²) in [6.07, 6.45) is 8.30. The highest BCUT2D eigenvalue weighted by atomic mass is 33.1. The number of carbonyl (C=O) groups is 5. The van der Waals surface area contributed by atoms with Gasteiger partial charge in [0, 0.05) is 74.7 Å². The minimum absolute atomic E-state index is 0.00712. The Labute approximate surface area is 287 Å². The van der Waals surface area contributed by atoms with Crippen LogP contribution in [-0.2, 0) is 33.3 Å². The predicted octanol–water partition coefficient (Wildman–Crippen LogP) is 3.97. The van der Waals surface area contributed by atoms with Gasteiger partial charge in [0.25, 0.3) is 5.91 Å². The predicted molar refractivity (Wildman–Crippen MR) is 186 cm³/mol. The minimum Gasteiger partial charge on any atom is -0.469 e. The van der Waals surface area contributed by atoms with Gasteiger partial charge in [0.15, 0.2) is 0 Å². The molecule has 3 amide bonds. The molecule has 12 nitrogen and oxygen atoms in total. The standard InChI is InChI=1S/C33H53N3O9S2/c1-42-32(40)10-6-4-2-3-5-9-30(38)34-16-7-19-43-21-23-45-24-22-44-20-8-17-35-31(39)15-25-46-47-26-18-36-33(41)29-13-11-28(27-37)12-14-29/h11-14,27H,2-10,15-26H2,1H3,(H,34,38)(H,35,39)(H,36,41). The molecule has 266 valence electrons. The zero-order chi connectivity index (χ0) is 34.2. The summed E-state index contributed by atoms with van der Waals surface area (Å²) in [6.45, 7) is 4.70. The van der Waals surface area contributed by atoms with Crippen LogP contribution in [0.25, 0.3) is 0 Å². The first kappa shape index (κ1) is 42.4. The van der Waals surface area contributed by atoms with Gasteiger partial charge in [-0.25, -0.2) is 0 Å². The molecular weight excluding hydrogens is 647 g/mol. The van der Waals surface area contributed by atoms with Crippen LogP contribution in [0.1, 0.15) is 84.9 Å². The van der Waals surface area contributed by atoms with Crippen LogP contribution in [0.2, 0.25) is 0 Å². The fourth-order valence-electron chi connectivity index (χ4n) is 3.98. The second-order valence-corrected chi connectivity index (χ2v) is 13.2. The molecule has 0 spiro atoms. The Morgan fingerprint density at radius 3 is 1.74 bits per heavy atom. The van der Waals surface area contributed by atoms with Gasteiger partial charge in [-0.15, -0.1) is 0 Å². The first-order valence-corrected chi connectivity index (χ1v) is 18.9. The number of unbranched alkanes of at least 4 members (excludes halogenated alkanes) is 4. The number of aldehydes is 1. The maximum atomic E-state index is 12.1. The third-order valence-corrected chi connectivity index (χ3v) is 9.02. The highest BCUT2D eigenvalue weighted by Gasteiger charge is 2.06. The van der Waals surface area contributed by atoms with Crippen molar-refractivity contribution in [2.75, 3.05) is 77.9 Å². The second kappa shape index (κ2) is 30.7. The van der Waals surface area contributed by atoms with E-state index in [9.17, 15) is 24.0 Å². The third kappa shape index (κ3) is 26.0. The number of carbonyl (C=O) groups excluding carboxylic acids is 5. The first-order chi connectivity index (χ1) is 23.0. The van der Waals surface area contributed by atoms with E-state index in [0.717, 1.165) is 57.0 Å². The Bertz CT molecular complexity index is 1000. The second-order valence-electron chi connectivity index (χ2n) is 10.5. The molecule has 0 heterocycles. The van der Waals surface area contributed by atoms with Crippen LogP contribution in [0.15, 0.2) is 24.3 Å². The molecule has 0 atom stereocenters. The summed E-state index contributed by atoms with van der Waals surface area (Å²) in [7, 11) is 4.60. The number of hydrogen-bond donors (Lipinski definition) is 3. The fraction of sp³-hybridized carbons (Fsp3) is 0.667. The molecule has 1 aromatic rings. The van der Waals surface area contributed by atoms with Crippen LogP contribution in [-0.4, -0.2) is 108 Å². The van der Waals surface area contributed by atoms with E-state index < -0.39 is 0 Å². The van der Waals surface area contributed by atoms with Gasteiger partial charge >= 0.3 is 5.97 Å². The lowest BCUT2D eigenvalue weighted by atomic mass is 10.1. The van der Waals surface area contributed by atoms with Crippen LogP contribution >= 0.6 is 21.6 Å². The van der Waals surface area contributed by atoms with E-state index in [1.807, 2.05) is 0 Å². The number of rotatable bonds is 31. The zero-order valence-electron chi connectivity index (χ0n) is 27.7. The first-order valence-electron chi connectivity index (χ1n) is 16.4. The number of ether oxygens (including phenoxy) is 4. The summed E-state index contributed by atoms with van der Waals surface area (Å²) in [5.74, 6) is 1.14. The molecule has 0 fully saturated rings. The van der Waals surface area contributed by atoms with E-state index in [2.05, 4.69) is 20.7 Å². The monoisotopic (exact) mass is 699 g/mol. The third-order valence-electron chi connectivity index (χ3n) is 6.61. The SMILES string of the molecule is COC(=O)CCCCCCCC(=O)NCCCOCCOCCOCCCNC(=O)CCSSCCNC(=O)c1ccc(C=O)cc1. The van der Waals surface area contributed by atoms with Crippen molar-refractivity contribution in [1.29, 1.82) is 0 Å². The van der Waals surface area contributed by atoms with Crippen LogP contribution in [0.4, 0.5) is 0 Å². The Balaban J connectivity index is 1.77. The molecule has 0 unspecified atom stereocenters. The van der Waals surface area contributed by atoms with Crippen molar-refractivity contribution >= 4 is 51.6 Å². The van der Waals surface area contributed by atoms with Gasteiger partial charge in [-0.2, -0.15) is 0 Å². The number of benzene rings is 1. The quantitative estimate of drug-likeness (QED) is 0.0446. The summed E-state index contributed by atoms with van der Waals surface area (Å²) in [6, 6.07) is 6.47. The molecule has 0 aliphatic heterocycles. The Morgan fingerprint density at radius 2 is 1.15 bits per heavy atom. The van der Waals surface area contributed by atoms with E-state index >= 15 is 0 Å². The van der Waals surface area contributed by atoms with Gasteiger partial charge in [0.2, 0.25) is 11.8 Å². The van der Waals surface area contributed by atoms with Crippen molar-refractivity contribution in [3.05, 3.63) is 35.4 Å². The summed E-state index contributed by atoms with van der Waals surface area (Å²) in [4.78, 5) is 57.6. The lowest BCUT2D eigenvalue weighted by Gasteiger charge is -2.08. The van der Waals surface area contributed by atoms with E-state index in [1.165, 1.54) is 7.11 Å². The van der Waals surface area contributed by atoms with Crippen molar-refractivity contribution < 1.29 is 42.9 Å². The lowest BCUT2D eigenvalue weighted by Crippen LogP contribution is -2.26. The molecule has 1 rings (SSSR count). The van der Waals surface area contributed by atoms with Gasteiger partial charge in [-0.05, 0) is 37.8 Å². The van der Waals surface area contributed by atoms with Gasteiger partial charge in [0.1, 0.15) is 6.29 Å². The molecule has 0 aromatic heterocycles. The highest BCUT2D eigenvalue weighted by molar-refractivity contribution is 8.76. The molecule has 0 aliphatic carbocycles. The normalized spacial score (nSPS) is 10.7. The average molecular weight is 700 g/mol. The topological polar surface area (TPSA) is 158 Å². The van der Waals surface area contributed by atoms with Crippen molar-refractivity contribution in [2.24, 2.45) is 0 Å². The van der Waals surface area contributed by atoms with E-state index in [0.29, 0.717) is 95.4 Å². The summed E-state index contributed by atoms with van der Waals surface area (Å²) in [5.41, 5.74) is 1.05. The Morgan fingerprint density at radius 1 is 0.617 bits per heavy atom. The van der Waals surface area contributed by atoms with Gasteiger partial charge in [-0.3, -0.25) is 24.0 Å². The van der Waals surface area contributed by atoms with Gasteiger partial charge in [0.05, 0.1) is 33.5 Å². The van der Waals surface area contributed by atoms with Crippen LogP contribution in [0.5, 0.6) is 0 Å². The molecule has 3 N–H and O–H groups in total. The Hall–Kier alpha value is -2.65. The smallest absolute Gasteiger partial charge is 0.305 e. The van der Waals surface area contributed by atoms with E-state index in [-0.39, 0.29) is 23.7 Å². The molecule has 47 heavy (non-hydrogen) atoms. The lowest BCUT2D eigenvalue weighted by molar-refractivity contribution is -0.140. The molecule has 0 radical (unpaired) electrons. The number of methoxy groups -OCH3 is 1. The molecule has 14 heteroatoms. The van der Waals surface area contributed by atoms with Crippen molar-refractivity contribution in [1.82, 2.24) is 16.0 Å². The largest absolute Gasteiger partial charge is 0.469 e. The highest BCUT2D eigenvalue weighted by Crippen LogP contribution is 2.21. The molecule has 0 saturated carbocycles. The number of amides is 3. The zero-order valence-corrected chi connectivity index (χ0v) is 29.4. The molecule has 1 aromatic carbocycles. The van der Waals surface area contributed by atoms with Gasteiger partial charge < -0.3 is 34.9 Å². The summed E-state index contributed by atoms with van der Waals surface area (Å²) < 4.78 is 21.2. The van der Waals surface area contributed by atoms with Crippen LogP contribution in [0.3, 0.4) is 0 Å². The fourth-order valence-corrected chi connectivity index (χ4v) is 5.88. The van der Waals surface area contributed by atoms with Crippen LogP contribution < -0.4 is 16.0 Å².